The number of rotatable bonds is 8. The van der Waals surface area contributed by atoms with Crippen LogP contribution in [0.2, 0.25) is 10.0 Å². The Morgan fingerprint density at radius 1 is 1.05 bits per heavy atom. The Morgan fingerprint density at radius 3 is 2.32 bits per heavy atom. The molecular weight excluding hydrogens is 580 g/mol. The van der Waals surface area contributed by atoms with Gasteiger partial charge in [0.2, 0.25) is 5.91 Å². The number of carbonyl (C=O) groups is 2. The Morgan fingerprint density at radius 2 is 1.73 bits per heavy atom. The molecule has 0 unspecified atom stereocenters. The Labute approximate surface area is 245 Å². The Hall–Kier alpha value is -3.30. The number of halogens is 5. The van der Waals surface area contributed by atoms with E-state index in [0.717, 1.165) is 28.5 Å². The Bertz CT molecular complexity index is 1490. The Balaban J connectivity index is 1.91. The van der Waals surface area contributed by atoms with Gasteiger partial charge in [-0.1, -0.05) is 61.3 Å². The molecule has 4 rings (SSSR count). The molecule has 1 fully saturated rings. The first-order valence-electron chi connectivity index (χ1n) is 13.1. The van der Waals surface area contributed by atoms with E-state index in [1.54, 1.807) is 61.2 Å². The lowest BCUT2D eigenvalue weighted by Crippen LogP contribution is -2.57. The van der Waals surface area contributed by atoms with Gasteiger partial charge >= 0.3 is 12.1 Å². The average Bonchev–Trinajstić information content (AvgIpc) is 2.89. The molecule has 1 N–H and O–H groups in total. The number of aliphatic carboxylic acids is 1. The van der Waals surface area contributed by atoms with Crippen LogP contribution in [0.4, 0.5) is 13.2 Å². The molecule has 1 aromatic heterocycles. The molecule has 41 heavy (non-hydrogen) atoms. The van der Waals surface area contributed by atoms with E-state index in [2.05, 4.69) is 0 Å². The van der Waals surface area contributed by atoms with Gasteiger partial charge in [0.15, 0.2) is 0 Å². The second kappa shape index (κ2) is 11.9. The predicted octanol–water partition coefficient (Wildman–Crippen LogP) is 7.19. The van der Waals surface area contributed by atoms with Gasteiger partial charge in [-0.3, -0.25) is 14.4 Å². The number of alkyl halides is 3. The van der Waals surface area contributed by atoms with Crippen molar-refractivity contribution in [3.8, 4) is 0 Å². The summed E-state index contributed by atoms with van der Waals surface area (Å²) in [6, 6.07) is 14.2. The van der Waals surface area contributed by atoms with Gasteiger partial charge in [-0.15, -0.1) is 0 Å². The van der Waals surface area contributed by atoms with Crippen LogP contribution in [0.5, 0.6) is 0 Å². The highest BCUT2D eigenvalue weighted by Gasteiger charge is 2.52. The van der Waals surface area contributed by atoms with Gasteiger partial charge in [-0.2, -0.15) is 13.2 Å². The minimum absolute atomic E-state index is 0.183. The van der Waals surface area contributed by atoms with Gasteiger partial charge < -0.3 is 14.6 Å². The maximum Gasteiger partial charge on any atom is 0.417 e. The Kier molecular flexibility index (Phi) is 8.90. The van der Waals surface area contributed by atoms with Crippen LogP contribution in [0.3, 0.4) is 0 Å². The molecule has 6 nitrogen and oxygen atoms in total. The minimum Gasteiger partial charge on any atom is -0.481 e. The number of carboxylic acids is 1. The number of amides is 1. The summed E-state index contributed by atoms with van der Waals surface area (Å²) in [4.78, 5) is 40.5. The van der Waals surface area contributed by atoms with Crippen LogP contribution in [0.25, 0.3) is 0 Å². The van der Waals surface area contributed by atoms with Gasteiger partial charge in [-0.05, 0) is 54.3 Å². The molecule has 1 amide bonds. The summed E-state index contributed by atoms with van der Waals surface area (Å²) < 4.78 is 41.4. The summed E-state index contributed by atoms with van der Waals surface area (Å²) >= 11 is 12.5. The largest absolute Gasteiger partial charge is 0.481 e. The summed E-state index contributed by atoms with van der Waals surface area (Å²) in [5, 5.41) is 10.7. The summed E-state index contributed by atoms with van der Waals surface area (Å²) in [6.07, 6.45) is -3.90. The van der Waals surface area contributed by atoms with E-state index in [1.165, 1.54) is 0 Å². The lowest BCUT2D eigenvalue weighted by molar-refractivity contribution is -0.161. The number of hydrogen-bond donors (Lipinski definition) is 1. The fourth-order valence-electron chi connectivity index (χ4n) is 5.76. The summed E-state index contributed by atoms with van der Waals surface area (Å²) in [5.74, 6) is -2.04. The number of pyridine rings is 1. The van der Waals surface area contributed by atoms with Crippen molar-refractivity contribution >= 4 is 35.1 Å². The van der Waals surface area contributed by atoms with Crippen molar-refractivity contribution in [3.63, 3.8) is 0 Å². The number of carboxylic acid groups (broad SMARTS) is 1. The molecule has 2 heterocycles. The van der Waals surface area contributed by atoms with Gasteiger partial charge in [0.25, 0.3) is 5.56 Å². The zero-order valence-corrected chi connectivity index (χ0v) is 23.9. The SMILES string of the molecule is CC[C@@H](Cn1cc(C(F)(F)F)ccc1=O)N1C(=O)[C@](C)(CC(=O)O)C[C@H](c2cccc(Cl)c2)[C@H]1c1ccc(Cl)cc1. The summed E-state index contributed by atoms with van der Waals surface area (Å²) in [6.45, 7) is 3.14. The van der Waals surface area contributed by atoms with Gasteiger partial charge in [-0.25, -0.2) is 0 Å². The van der Waals surface area contributed by atoms with Crippen molar-refractivity contribution in [2.45, 2.75) is 63.8 Å². The van der Waals surface area contributed by atoms with Crippen LogP contribution in [-0.4, -0.2) is 32.5 Å². The normalized spacial score (nSPS) is 22.0. The smallest absolute Gasteiger partial charge is 0.417 e. The number of hydrogen-bond acceptors (Lipinski definition) is 3. The lowest BCUT2D eigenvalue weighted by Gasteiger charge is -2.52. The molecule has 1 aliphatic rings. The van der Waals surface area contributed by atoms with Crippen molar-refractivity contribution in [1.29, 1.82) is 0 Å². The van der Waals surface area contributed by atoms with Crippen molar-refractivity contribution in [2.24, 2.45) is 5.41 Å². The predicted molar refractivity (Wildman–Crippen MR) is 150 cm³/mol. The van der Waals surface area contributed by atoms with E-state index in [1.807, 2.05) is 6.07 Å². The maximum absolute atomic E-state index is 14.3. The number of piperidine rings is 1. The third kappa shape index (κ3) is 6.62. The molecule has 1 saturated heterocycles. The summed E-state index contributed by atoms with van der Waals surface area (Å²) in [5.41, 5.74) is -1.49. The fraction of sp³-hybridized carbons (Fsp3) is 0.367. The number of benzene rings is 2. The van der Waals surface area contributed by atoms with Gasteiger partial charge in [0, 0.05) is 34.8 Å². The van der Waals surface area contributed by atoms with Crippen molar-refractivity contribution < 1.29 is 27.9 Å². The topological polar surface area (TPSA) is 79.6 Å². The van der Waals surface area contributed by atoms with Crippen molar-refractivity contribution in [1.82, 2.24) is 9.47 Å². The standard InChI is InChI=1S/C30H29Cl2F3N2O4/c1-3-23(17-36-16-20(30(33,34)35)9-12-25(36)38)37-27(18-7-10-21(31)11-8-18)24(19-5-4-6-22(32)13-19)14-29(2,28(37)41)15-26(39)40/h4-13,16,23-24,27H,3,14-15,17H2,1-2H3,(H,39,40)/t23-,24+,27+,29-/m0/s1. The van der Waals surface area contributed by atoms with E-state index >= 15 is 0 Å². The van der Waals surface area contributed by atoms with Crippen LogP contribution in [0.1, 0.15) is 61.8 Å². The molecule has 0 spiro atoms. The third-order valence-electron chi connectivity index (χ3n) is 7.71. The van der Waals surface area contributed by atoms with Crippen LogP contribution in [0.15, 0.2) is 71.7 Å². The molecule has 4 atom stereocenters. The number of carbonyl (C=O) groups excluding carboxylic acids is 1. The quantitative estimate of drug-likeness (QED) is 0.293. The maximum atomic E-state index is 14.3. The van der Waals surface area contributed by atoms with E-state index in [9.17, 15) is 32.7 Å². The van der Waals surface area contributed by atoms with Crippen LogP contribution < -0.4 is 5.56 Å². The van der Waals surface area contributed by atoms with E-state index < -0.39 is 59.0 Å². The number of nitrogens with zero attached hydrogens (tertiary/aromatic N) is 2. The monoisotopic (exact) mass is 608 g/mol. The van der Waals surface area contributed by atoms with E-state index in [0.29, 0.717) is 15.6 Å². The number of aromatic nitrogens is 1. The zero-order chi connectivity index (χ0) is 30.1. The highest BCUT2D eigenvalue weighted by molar-refractivity contribution is 6.30. The lowest BCUT2D eigenvalue weighted by atomic mass is 9.67. The van der Waals surface area contributed by atoms with Crippen LogP contribution in [-0.2, 0) is 22.3 Å². The van der Waals surface area contributed by atoms with Crippen molar-refractivity contribution in [3.05, 3.63) is 104 Å². The molecule has 2 aromatic carbocycles. The molecule has 0 saturated carbocycles. The average molecular weight is 609 g/mol. The summed E-state index contributed by atoms with van der Waals surface area (Å²) in [7, 11) is 0. The second-order valence-electron chi connectivity index (χ2n) is 10.7. The highest BCUT2D eigenvalue weighted by atomic mass is 35.5. The first-order chi connectivity index (χ1) is 19.2. The van der Waals surface area contributed by atoms with Crippen LogP contribution >= 0.6 is 23.2 Å². The zero-order valence-electron chi connectivity index (χ0n) is 22.4. The van der Waals surface area contributed by atoms with Gasteiger partial charge in [0.1, 0.15) is 0 Å². The molecule has 1 aliphatic heterocycles. The first-order valence-corrected chi connectivity index (χ1v) is 13.8. The molecule has 11 heteroatoms. The molecule has 0 bridgehead atoms. The first kappa shape index (κ1) is 30.7. The van der Waals surface area contributed by atoms with Gasteiger partial charge in [0.05, 0.1) is 29.5 Å². The minimum atomic E-state index is -4.66. The fourth-order valence-corrected chi connectivity index (χ4v) is 6.09. The van der Waals surface area contributed by atoms with E-state index in [4.69, 9.17) is 23.2 Å². The highest BCUT2D eigenvalue weighted by Crippen LogP contribution is 2.52. The van der Waals surface area contributed by atoms with E-state index in [-0.39, 0.29) is 19.4 Å². The molecule has 0 radical (unpaired) electrons. The van der Waals surface area contributed by atoms with Crippen LogP contribution in [0, 0.1) is 5.41 Å². The molecular formula is C30H29Cl2F3N2O4. The number of likely N-dealkylation sites (tertiary alicyclic amines) is 1. The second-order valence-corrected chi connectivity index (χ2v) is 11.5. The third-order valence-corrected chi connectivity index (χ3v) is 8.20. The molecule has 3 aromatic rings. The molecule has 218 valence electrons. The van der Waals surface area contributed by atoms with Crippen molar-refractivity contribution in [2.75, 3.05) is 0 Å². The molecule has 0 aliphatic carbocycles.